The van der Waals surface area contributed by atoms with Gasteiger partial charge in [0.15, 0.2) is 11.5 Å². The van der Waals surface area contributed by atoms with E-state index < -0.39 is 0 Å². The second kappa shape index (κ2) is 9.52. The number of nitrogens with zero attached hydrogens (tertiary/aromatic N) is 1. The molecule has 2 rings (SSSR count). The number of carbonyl (C=O) groups is 1. The van der Waals surface area contributed by atoms with E-state index in [1.807, 2.05) is 24.3 Å². The van der Waals surface area contributed by atoms with E-state index in [-0.39, 0.29) is 5.91 Å². The summed E-state index contributed by atoms with van der Waals surface area (Å²) in [4.78, 5) is 16.2. The SMILES string of the molecule is CCCCCNC(=O)c1ccc(Nc2ccc(OC)c(OC)c2)cn1. The fraction of sp³-hybridized carbons (Fsp3) is 0.368. The Morgan fingerprint density at radius 2 is 1.80 bits per heavy atom. The highest BCUT2D eigenvalue weighted by molar-refractivity contribution is 5.92. The van der Waals surface area contributed by atoms with Crippen molar-refractivity contribution in [2.75, 3.05) is 26.1 Å². The standard InChI is InChI=1S/C19H25N3O3/c1-4-5-6-11-20-19(23)16-9-7-15(13-21-16)22-14-8-10-17(24-2)18(12-14)25-3/h7-10,12-13,22H,4-6,11H2,1-3H3,(H,20,23). The molecule has 0 aliphatic heterocycles. The predicted octanol–water partition coefficient (Wildman–Crippen LogP) is 3.76. The van der Waals surface area contributed by atoms with Crippen molar-refractivity contribution < 1.29 is 14.3 Å². The molecule has 0 saturated carbocycles. The first-order valence-electron chi connectivity index (χ1n) is 8.41. The zero-order chi connectivity index (χ0) is 18.1. The molecule has 1 aromatic heterocycles. The first-order valence-corrected chi connectivity index (χ1v) is 8.41. The summed E-state index contributed by atoms with van der Waals surface area (Å²) in [5.74, 6) is 1.17. The number of benzene rings is 1. The lowest BCUT2D eigenvalue weighted by atomic mass is 10.2. The normalized spacial score (nSPS) is 10.2. The van der Waals surface area contributed by atoms with Gasteiger partial charge in [-0.05, 0) is 30.7 Å². The van der Waals surface area contributed by atoms with Gasteiger partial charge in [-0.25, -0.2) is 4.98 Å². The molecule has 6 nitrogen and oxygen atoms in total. The minimum absolute atomic E-state index is 0.145. The number of pyridine rings is 1. The van der Waals surface area contributed by atoms with Gasteiger partial charge < -0.3 is 20.1 Å². The number of methoxy groups -OCH3 is 2. The number of rotatable bonds is 9. The van der Waals surface area contributed by atoms with Crippen LogP contribution in [-0.2, 0) is 0 Å². The van der Waals surface area contributed by atoms with Crippen molar-refractivity contribution in [3.8, 4) is 11.5 Å². The Morgan fingerprint density at radius 1 is 1.04 bits per heavy atom. The van der Waals surface area contributed by atoms with Crippen LogP contribution in [0.5, 0.6) is 11.5 Å². The number of amides is 1. The van der Waals surface area contributed by atoms with E-state index in [0.717, 1.165) is 30.6 Å². The van der Waals surface area contributed by atoms with Crippen molar-refractivity contribution in [2.45, 2.75) is 26.2 Å². The molecule has 25 heavy (non-hydrogen) atoms. The number of hydrogen-bond donors (Lipinski definition) is 2. The molecule has 0 unspecified atom stereocenters. The van der Waals surface area contributed by atoms with Crippen molar-refractivity contribution in [3.63, 3.8) is 0 Å². The summed E-state index contributed by atoms with van der Waals surface area (Å²) in [6, 6.07) is 9.08. The number of hydrogen-bond acceptors (Lipinski definition) is 5. The molecule has 0 fully saturated rings. The third kappa shape index (κ3) is 5.38. The van der Waals surface area contributed by atoms with Gasteiger partial charge in [-0.3, -0.25) is 4.79 Å². The third-order valence-corrected chi connectivity index (χ3v) is 3.73. The van der Waals surface area contributed by atoms with Gasteiger partial charge in [-0.1, -0.05) is 19.8 Å². The van der Waals surface area contributed by atoms with Crippen LogP contribution in [0, 0.1) is 0 Å². The van der Waals surface area contributed by atoms with Gasteiger partial charge in [0.05, 0.1) is 26.1 Å². The van der Waals surface area contributed by atoms with Gasteiger partial charge in [0.1, 0.15) is 5.69 Å². The molecule has 0 saturated heterocycles. The lowest BCUT2D eigenvalue weighted by molar-refractivity contribution is 0.0948. The van der Waals surface area contributed by atoms with Gasteiger partial charge in [-0.2, -0.15) is 0 Å². The Balaban J connectivity index is 1.97. The molecule has 134 valence electrons. The zero-order valence-corrected chi connectivity index (χ0v) is 15.0. The lowest BCUT2D eigenvalue weighted by Crippen LogP contribution is -2.25. The van der Waals surface area contributed by atoms with Gasteiger partial charge in [-0.15, -0.1) is 0 Å². The fourth-order valence-corrected chi connectivity index (χ4v) is 2.35. The average Bonchev–Trinajstić information content (AvgIpc) is 2.65. The van der Waals surface area contributed by atoms with Crippen LogP contribution in [0.25, 0.3) is 0 Å². The molecular weight excluding hydrogens is 318 g/mol. The summed E-state index contributed by atoms with van der Waals surface area (Å²) in [5, 5.41) is 6.10. The maximum Gasteiger partial charge on any atom is 0.269 e. The molecule has 0 aliphatic rings. The fourth-order valence-electron chi connectivity index (χ4n) is 2.35. The summed E-state index contributed by atoms with van der Waals surface area (Å²) >= 11 is 0. The first-order chi connectivity index (χ1) is 12.2. The minimum atomic E-state index is -0.145. The lowest BCUT2D eigenvalue weighted by Gasteiger charge is -2.11. The van der Waals surface area contributed by atoms with Crippen LogP contribution in [0.4, 0.5) is 11.4 Å². The third-order valence-electron chi connectivity index (χ3n) is 3.73. The van der Waals surface area contributed by atoms with Gasteiger partial charge in [0, 0.05) is 18.3 Å². The van der Waals surface area contributed by atoms with Crippen LogP contribution in [0.1, 0.15) is 36.7 Å². The highest BCUT2D eigenvalue weighted by Gasteiger charge is 2.08. The molecular formula is C19H25N3O3. The Morgan fingerprint density at radius 3 is 2.44 bits per heavy atom. The van der Waals surface area contributed by atoms with Crippen molar-refractivity contribution in [2.24, 2.45) is 0 Å². The molecule has 1 heterocycles. The summed E-state index contributed by atoms with van der Waals surface area (Å²) in [7, 11) is 3.19. The van der Waals surface area contributed by atoms with Crippen molar-refractivity contribution >= 4 is 17.3 Å². The average molecular weight is 343 g/mol. The summed E-state index contributed by atoms with van der Waals surface area (Å²) in [5.41, 5.74) is 2.04. The molecule has 0 spiro atoms. The van der Waals surface area contributed by atoms with E-state index in [0.29, 0.717) is 23.7 Å². The van der Waals surface area contributed by atoms with Gasteiger partial charge >= 0.3 is 0 Å². The summed E-state index contributed by atoms with van der Waals surface area (Å²) in [6.07, 6.45) is 4.87. The smallest absolute Gasteiger partial charge is 0.269 e. The number of aromatic nitrogens is 1. The number of carbonyl (C=O) groups excluding carboxylic acids is 1. The number of anilines is 2. The van der Waals surface area contributed by atoms with Crippen LogP contribution < -0.4 is 20.1 Å². The number of unbranched alkanes of at least 4 members (excludes halogenated alkanes) is 2. The van der Waals surface area contributed by atoms with Gasteiger partial charge in [0.25, 0.3) is 5.91 Å². The number of ether oxygens (including phenoxy) is 2. The molecule has 1 amide bonds. The van der Waals surface area contributed by atoms with E-state index in [4.69, 9.17) is 9.47 Å². The largest absolute Gasteiger partial charge is 0.493 e. The predicted molar refractivity (Wildman–Crippen MR) is 98.9 cm³/mol. The topological polar surface area (TPSA) is 72.5 Å². The second-order valence-electron chi connectivity index (χ2n) is 5.59. The van der Waals surface area contributed by atoms with Crippen LogP contribution in [0.2, 0.25) is 0 Å². The molecule has 6 heteroatoms. The quantitative estimate of drug-likeness (QED) is 0.678. The van der Waals surface area contributed by atoms with Crippen LogP contribution >= 0.6 is 0 Å². The highest BCUT2D eigenvalue weighted by atomic mass is 16.5. The minimum Gasteiger partial charge on any atom is -0.493 e. The molecule has 2 aromatic rings. The molecule has 0 aliphatic carbocycles. The molecule has 1 aromatic carbocycles. The Bertz CT molecular complexity index is 687. The van der Waals surface area contributed by atoms with Gasteiger partial charge in [0.2, 0.25) is 0 Å². The Kier molecular flexibility index (Phi) is 7.07. The van der Waals surface area contributed by atoms with E-state index in [1.165, 1.54) is 0 Å². The van der Waals surface area contributed by atoms with Crippen LogP contribution in [-0.4, -0.2) is 31.7 Å². The molecule has 0 atom stereocenters. The molecule has 0 radical (unpaired) electrons. The number of nitrogens with one attached hydrogen (secondary N) is 2. The first kappa shape index (κ1) is 18.6. The van der Waals surface area contributed by atoms with Crippen molar-refractivity contribution in [1.29, 1.82) is 0 Å². The second-order valence-corrected chi connectivity index (χ2v) is 5.59. The van der Waals surface area contributed by atoms with E-state index in [9.17, 15) is 4.79 Å². The van der Waals surface area contributed by atoms with Crippen LogP contribution in [0.3, 0.4) is 0 Å². The zero-order valence-electron chi connectivity index (χ0n) is 15.0. The van der Waals surface area contributed by atoms with E-state index in [2.05, 4.69) is 22.5 Å². The maximum absolute atomic E-state index is 12.0. The maximum atomic E-state index is 12.0. The molecule has 2 N–H and O–H groups in total. The monoisotopic (exact) mass is 343 g/mol. The van der Waals surface area contributed by atoms with Crippen molar-refractivity contribution in [3.05, 3.63) is 42.2 Å². The summed E-state index contributed by atoms with van der Waals surface area (Å²) in [6.45, 7) is 2.81. The molecule has 0 bridgehead atoms. The Labute approximate surface area is 148 Å². The summed E-state index contributed by atoms with van der Waals surface area (Å²) < 4.78 is 10.5. The highest BCUT2D eigenvalue weighted by Crippen LogP contribution is 2.30. The van der Waals surface area contributed by atoms with E-state index >= 15 is 0 Å². The van der Waals surface area contributed by atoms with Crippen LogP contribution in [0.15, 0.2) is 36.5 Å². The van der Waals surface area contributed by atoms with Crippen molar-refractivity contribution in [1.82, 2.24) is 10.3 Å². The Hall–Kier alpha value is -2.76. The van der Waals surface area contributed by atoms with E-state index in [1.54, 1.807) is 26.5 Å².